The van der Waals surface area contributed by atoms with E-state index in [1.807, 2.05) is 0 Å². The van der Waals surface area contributed by atoms with Crippen LogP contribution in [0.2, 0.25) is 0 Å². The van der Waals surface area contributed by atoms with Crippen LogP contribution in [0.4, 0.5) is 0 Å². The molecular formula is C35H43NO10. The van der Waals surface area contributed by atoms with E-state index < -0.39 is 47.3 Å². The van der Waals surface area contributed by atoms with E-state index in [-0.39, 0.29) is 72.6 Å². The number of hydrogen-bond acceptors (Lipinski definition) is 10. The molecule has 11 heteroatoms. The first-order valence-electron chi connectivity index (χ1n) is 16.0. The molecule has 3 fully saturated rings. The molecule has 0 aliphatic heterocycles. The Balaban J connectivity index is 1.16. The van der Waals surface area contributed by atoms with Crippen molar-refractivity contribution in [1.82, 2.24) is 5.32 Å². The van der Waals surface area contributed by atoms with E-state index in [9.17, 15) is 39.0 Å². The summed E-state index contributed by atoms with van der Waals surface area (Å²) in [5.41, 5.74) is -1.50. The lowest BCUT2D eigenvalue weighted by atomic mass is 9.46. The average molecular weight is 638 g/mol. The van der Waals surface area contributed by atoms with Crippen molar-refractivity contribution in [1.29, 1.82) is 0 Å². The number of rotatable bonds is 10. The predicted octanol–water partition coefficient (Wildman–Crippen LogP) is 2.93. The molecular weight excluding hydrogens is 594 g/mol. The number of aliphatic hydroxyl groups is 1. The van der Waals surface area contributed by atoms with Gasteiger partial charge < -0.3 is 25.0 Å². The number of esters is 2. The highest BCUT2D eigenvalue weighted by molar-refractivity contribution is 5.95. The Morgan fingerprint density at radius 1 is 1.02 bits per heavy atom. The highest BCUT2D eigenvalue weighted by Crippen LogP contribution is 2.66. The number of nitrogens with one attached hydrogen (secondary N) is 1. The standard InChI is InChI=1S/C35H43NO10/c1-33-14-12-23(38)17-21(33)6-9-24-25-13-15-35(44,34(25,2)18-27(39)31(24)33)28(40)19-46-30(42)11-10-29(41)36-26(32(43)45-3)16-20-4-7-22(37)8-5-20/h4-5,7-8,17,24-26,31,37,44H,6,9-16,18-19H2,1-3H3,(H,36,41)/t24-,25+,26-,31-,33+,34-,35+/m1/s1. The summed E-state index contributed by atoms with van der Waals surface area (Å²) >= 11 is 0. The van der Waals surface area contributed by atoms with Gasteiger partial charge in [-0.15, -0.1) is 0 Å². The van der Waals surface area contributed by atoms with Crippen molar-refractivity contribution in [2.75, 3.05) is 13.7 Å². The summed E-state index contributed by atoms with van der Waals surface area (Å²) in [5.74, 6) is -2.90. The number of fused-ring (bicyclic) bond motifs is 5. The SMILES string of the molecule is COC(=O)[C@@H](Cc1ccc(O)cc1)NC(=O)CCC(=O)OCC(=O)[C@@]1(O)CC[C@H]2[C@H]3CCC4=CC(=O)CC[C@]4(C)[C@H]3C(=O)C[C@]21C. The van der Waals surface area contributed by atoms with Crippen LogP contribution < -0.4 is 5.32 Å². The summed E-state index contributed by atoms with van der Waals surface area (Å²) in [6.45, 7) is 3.21. The van der Waals surface area contributed by atoms with Gasteiger partial charge in [0.05, 0.1) is 13.5 Å². The fourth-order valence-corrected chi connectivity index (χ4v) is 8.87. The number of phenols is 1. The van der Waals surface area contributed by atoms with Crippen molar-refractivity contribution in [2.45, 2.75) is 89.7 Å². The van der Waals surface area contributed by atoms with Gasteiger partial charge in [0, 0.05) is 37.0 Å². The Morgan fingerprint density at radius 3 is 2.43 bits per heavy atom. The smallest absolute Gasteiger partial charge is 0.328 e. The monoisotopic (exact) mass is 637 g/mol. The summed E-state index contributed by atoms with van der Waals surface area (Å²) in [7, 11) is 1.19. The van der Waals surface area contributed by atoms with Crippen LogP contribution in [0.25, 0.3) is 0 Å². The van der Waals surface area contributed by atoms with Gasteiger partial charge in [-0.05, 0) is 73.1 Å². The van der Waals surface area contributed by atoms with Crippen LogP contribution in [0, 0.1) is 28.6 Å². The van der Waals surface area contributed by atoms with E-state index in [0.717, 1.165) is 18.4 Å². The number of Topliss-reactive ketones (excluding diaryl/α,β-unsaturated/α-hetero) is 2. The maximum Gasteiger partial charge on any atom is 0.328 e. The van der Waals surface area contributed by atoms with Gasteiger partial charge >= 0.3 is 11.9 Å². The summed E-state index contributed by atoms with van der Waals surface area (Å²) < 4.78 is 9.98. The molecule has 0 aromatic heterocycles. The molecule has 0 bridgehead atoms. The molecule has 0 spiro atoms. The second-order valence-corrected chi connectivity index (χ2v) is 13.9. The zero-order valence-corrected chi connectivity index (χ0v) is 26.6. The molecule has 7 atom stereocenters. The fraction of sp³-hybridized carbons (Fsp3) is 0.600. The highest BCUT2D eigenvalue weighted by Gasteiger charge is 2.68. The van der Waals surface area contributed by atoms with Gasteiger partial charge in [-0.1, -0.05) is 31.6 Å². The predicted molar refractivity (Wildman–Crippen MR) is 163 cm³/mol. The number of methoxy groups -OCH3 is 1. The minimum Gasteiger partial charge on any atom is -0.508 e. The largest absolute Gasteiger partial charge is 0.508 e. The molecule has 0 saturated heterocycles. The van der Waals surface area contributed by atoms with Crippen LogP contribution >= 0.6 is 0 Å². The van der Waals surface area contributed by atoms with Crippen LogP contribution in [0.5, 0.6) is 5.75 Å². The number of carbonyl (C=O) groups excluding carboxylic acids is 6. The fourth-order valence-electron chi connectivity index (χ4n) is 8.87. The van der Waals surface area contributed by atoms with Gasteiger partial charge in [-0.2, -0.15) is 0 Å². The third-order valence-electron chi connectivity index (χ3n) is 11.4. The number of benzene rings is 1. The van der Waals surface area contributed by atoms with Crippen LogP contribution in [-0.2, 0) is 44.7 Å². The van der Waals surface area contributed by atoms with E-state index in [1.54, 1.807) is 25.1 Å². The number of amides is 1. The van der Waals surface area contributed by atoms with Crippen LogP contribution in [0.3, 0.4) is 0 Å². The molecule has 3 saturated carbocycles. The van der Waals surface area contributed by atoms with E-state index in [4.69, 9.17) is 9.47 Å². The van der Waals surface area contributed by atoms with Crippen molar-refractivity contribution >= 4 is 35.2 Å². The van der Waals surface area contributed by atoms with Crippen LogP contribution in [0.1, 0.15) is 77.2 Å². The first kappa shape index (κ1) is 33.5. The Labute approximate surface area is 268 Å². The molecule has 1 amide bonds. The van der Waals surface area contributed by atoms with Gasteiger partial charge in [0.25, 0.3) is 0 Å². The molecule has 4 aliphatic rings. The van der Waals surface area contributed by atoms with Crippen molar-refractivity contribution in [3.63, 3.8) is 0 Å². The maximum absolute atomic E-state index is 13.8. The number of hydrogen-bond donors (Lipinski definition) is 3. The molecule has 3 N–H and O–H groups in total. The van der Waals surface area contributed by atoms with Crippen molar-refractivity contribution in [2.24, 2.45) is 28.6 Å². The topological polar surface area (TPSA) is 173 Å². The number of allylic oxidation sites excluding steroid dienone is 1. The first-order chi connectivity index (χ1) is 21.7. The van der Waals surface area contributed by atoms with Gasteiger partial charge in [0.1, 0.15) is 23.2 Å². The molecule has 0 unspecified atom stereocenters. The lowest BCUT2D eigenvalue weighted by Gasteiger charge is -2.57. The zero-order chi connectivity index (χ0) is 33.4. The van der Waals surface area contributed by atoms with Crippen LogP contribution in [-0.4, -0.2) is 70.8 Å². The molecule has 0 radical (unpaired) electrons. The molecule has 248 valence electrons. The second-order valence-electron chi connectivity index (χ2n) is 13.9. The third kappa shape index (κ3) is 6.01. The van der Waals surface area contributed by atoms with E-state index in [0.29, 0.717) is 24.8 Å². The number of ketones is 3. The lowest BCUT2D eigenvalue weighted by Crippen LogP contribution is -2.61. The van der Waals surface area contributed by atoms with Crippen molar-refractivity contribution in [3.05, 3.63) is 41.5 Å². The van der Waals surface area contributed by atoms with Crippen molar-refractivity contribution in [3.8, 4) is 5.75 Å². The summed E-state index contributed by atoms with van der Waals surface area (Å²) in [5, 5.41) is 23.8. The minimum atomic E-state index is -1.84. The maximum atomic E-state index is 13.8. The van der Waals surface area contributed by atoms with Crippen LogP contribution in [0.15, 0.2) is 35.9 Å². The minimum absolute atomic E-state index is 0.00709. The molecule has 0 heterocycles. The molecule has 5 rings (SSSR count). The van der Waals surface area contributed by atoms with E-state index >= 15 is 0 Å². The van der Waals surface area contributed by atoms with Gasteiger partial charge in [-0.3, -0.25) is 24.0 Å². The number of phenolic OH excluding ortho intramolecular Hbond substituents is 1. The Bertz CT molecular complexity index is 1470. The van der Waals surface area contributed by atoms with E-state index in [2.05, 4.69) is 12.2 Å². The summed E-state index contributed by atoms with van der Waals surface area (Å²) in [6, 6.07) is 5.11. The summed E-state index contributed by atoms with van der Waals surface area (Å²) in [4.78, 5) is 76.7. The zero-order valence-electron chi connectivity index (χ0n) is 26.6. The lowest BCUT2D eigenvalue weighted by molar-refractivity contribution is -0.173. The quantitative estimate of drug-likeness (QED) is 0.324. The molecule has 11 nitrogen and oxygen atoms in total. The van der Waals surface area contributed by atoms with E-state index in [1.165, 1.54) is 19.2 Å². The Kier molecular flexibility index (Phi) is 9.28. The average Bonchev–Trinajstić information content (AvgIpc) is 3.29. The van der Waals surface area contributed by atoms with Gasteiger partial charge in [0.15, 0.2) is 12.4 Å². The van der Waals surface area contributed by atoms with Gasteiger partial charge in [0.2, 0.25) is 11.7 Å². The first-order valence-corrected chi connectivity index (χ1v) is 16.0. The second kappa shape index (κ2) is 12.7. The number of aromatic hydroxyl groups is 1. The Morgan fingerprint density at radius 2 is 1.74 bits per heavy atom. The summed E-state index contributed by atoms with van der Waals surface area (Å²) in [6.07, 6.45) is 4.43. The molecule has 46 heavy (non-hydrogen) atoms. The molecule has 4 aliphatic carbocycles. The normalized spacial score (nSPS) is 32.3. The highest BCUT2D eigenvalue weighted by atomic mass is 16.5. The third-order valence-corrected chi connectivity index (χ3v) is 11.4. The van der Waals surface area contributed by atoms with Crippen molar-refractivity contribution < 1.29 is 48.5 Å². The number of carbonyl (C=O) groups is 6. The van der Waals surface area contributed by atoms with Gasteiger partial charge in [-0.25, -0.2) is 4.79 Å². The Hall–Kier alpha value is -3.86. The number of ether oxygens (including phenoxy) is 2. The molecule has 1 aromatic carbocycles. The molecule has 1 aromatic rings.